The normalized spacial score (nSPS) is 12.2. The number of hydrogen-bond acceptors (Lipinski definition) is 5. The minimum absolute atomic E-state index is 0.0995. The third-order valence-electron chi connectivity index (χ3n) is 4.03. The van der Waals surface area contributed by atoms with Gasteiger partial charge in [0, 0.05) is 12.2 Å². The molecule has 4 rings (SSSR count). The molecule has 4 aromatic rings. The molecule has 7 nitrogen and oxygen atoms in total. The number of hydrogen-bond donors (Lipinski definition) is 2. The van der Waals surface area contributed by atoms with Gasteiger partial charge in [-0.1, -0.05) is 30.3 Å². The van der Waals surface area contributed by atoms with E-state index in [0.29, 0.717) is 22.7 Å². The van der Waals surface area contributed by atoms with Gasteiger partial charge in [-0.3, -0.25) is 4.79 Å². The van der Waals surface area contributed by atoms with Gasteiger partial charge >= 0.3 is 0 Å². The van der Waals surface area contributed by atoms with Gasteiger partial charge in [0.05, 0.1) is 17.5 Å². The highest BCUT2D eigenvalue weighted by Crippen LogP contribution is 2.20. The third-order valence-corrected chi connectivity index (χ3v) is 4.03. The molecule has 0 radical (unpaired) electrons. The zero-order valence-electron chi connectivity index (χ0n) is 13.5. The molecule has 0 aliphatic carbocycles. The summed E-state index contributed by atoms with van der Waals surface area (Å²) in [7, 11) is 0. The highest BCUT2D eigenvalue weighted by molar-refractivity contribution is 5.62. The Morgan fingerprint density at radius 2 is 1.96 bits per heavy atom. The minimum Gasteiger partial charge on any atom is -0.362 e. The van der Waals surface area contributed by atoms with Crippen LogP contribution in [0.2, 0.25) is 0 Å². The van der Waals surface area contributed by atoms with E-state index in [1.807, 2.05) is 30.3 Å². The van der Waals surface area contributed by atoms with Crippen LogP contribution in [-0.4, -0.2) is 24.8 Å². The number of nitrogens with one attached hydrogen (secondary N) is 2. The molecule has 3 heterocycles. The average molecular weight is 332 g/mol. The summed E-state index contributed by atoms with van der Waals surface area (Å²) >= 11 is 0. The average Bonchev–Trinajstić information content (AvgIpc) is 3.06. The first-order chi connectivity index (χ1) is 12.2. The molecule has 0 saturated heterocycles. The number of rotatable bonds is 4. The van der Waals surface area contributed by atoms with Gasteiger partial charge in [0.25, 0.3) is 5.56 Å². The molecular formula is C18H16N6O. The summed E-state index contributed by atoms with van der Waals surface area (Å²) in [6.07, 6.45) is 3.17. The van der Waals surface area contributed by atoms with E-state index in [9.17, 15) is 4.79 Å². The molecule has 0 aliphatic heterocycles. The van der Waals surface area contributed by atoms with Crippen molar-refractivity contribution < 1.29 is 0 Å². The third kappa shape index (κ3) is 2.87. The fraction of sp³-hybridized carbons (Fsp3) is 0.111. The van der Waals surface area contributed by atoms with Crippen molar-refractivity contribution in [2.24, 2.45) is 0 Å². The Morgan fingerprint density at radius 1 is 1.12 bits per heavy atom. The van der Waals surface area contributed by atoms with Gasteiger partial charge in [-0.05, 0) is 30.7 Å². The molecule has 0 bridgehead atoms. The second kappa shape index (κ2) is 6.20. The lowest BCUT2D eigenvalue weighted by Gasteiger charge is -2.15. The molecule has 25 heavy (non-hydrogen) atoms. The van der Waals surface area contributed by atoms with Crippen molar-refractivity contribution in [2.75, 3.05) is 5.32 Å². The first-order valence-corrected chi connectivity index (χ1v) is 7.93. The lowest BCUT2D eigenvalue weighted by atomic mass is 10.1. The van der Waals surface area contributed by atoms with Crippen molar-refractivity contribution >= 4 is 11.5 Å². The van der Waals surface area contributed by atoms with Gasteiger partial charge in [-0.25, -0.2) is 14.6 Å². The van der Waals surface area contributed by atoms with E-state index in [0.717, 1.165) is 0 Å². The number of imidazole rings is 1. The summed E-state index contributed by atoms with van der Waals surface area (Å²) in [4.78, 5) is 16.3. The molecule has 0 spiro atoms. The first kappa shape index (κ1) is 15.1. The Labute approximate surface area is 143 Å². The van der Waals surface area contributed by atoms with E-state index in [4.69, 9.17) is 0 Å². The molecule has 3 aromatic heterocycles. The zero-order valence-corrected chi connectivity index (χ0v) is 13.5. The number of H-pyrrole nitrogens is 1. The highest BCUT2D eigenvalue weighted by atomic mass is 16.1. The summed E-state index contributed by atoms with van der Waals surface area (Å²) in [6, 6.07) is 15.6. The summed E-state index contributed by atoms with van der Waals surface area (Å²) in [5.41, 5.74) is 2.66. The quantitative estimate of drug-likeness (QED) is 0.600. The summed E-state index contributed by atoms with van der Waals surface area (Å²) in [6.45, 7) is 2.07. The van der Waals surface area contributed by atoms with Crippen molar-refractivity contribution in [1.82, 2.24) is 24.8 Å². The van der Waals surface area contributed by atoms with E-state index in [-0.39, 0.29) is 11.6 Å². The SMILES string of the molecule is CC(Nc1ccc2ncc(-c3ccn[nH]c3=O)n2n1)c1ccccc1. The topological polar surface area (TPSA) is 88.0 Å². The Bertz CT molecular complexity index is 1070. The van der Waals surface area contributed by atoms with Crippen LogP contribution in [0.1, 0.15) is 18.5 Å². The maximum atomic E-state index is 12.0. The zero-order chi connectivity index (χ0) is 17.2. The lowest BCUT2D eigenvalue weighted by molar-refractivity contribution is 0.847. The van der Waals surface area contributed by atoms with Crippen LogP contribution in [0.3, 0.4) is 0 Å². The molecule has 124 valence electrons. The van der Waals surface area contributed by atoms with Crippen LogP contribution in [0.5, 0.6) is 0 Å². The van der Waals surface area contributed by atoms with Crippen molar-refractivity contribution in [3.05, 3.63) is 76.8 Å². The Hall–Kier alpha value is -3.48. The van der Waals surface area contributed by atoms with E-state index in [2.05, 4.69) is 44.7 Å². The fourth-order valence-electron chi connectivity index (χ4n) is 2.73. The van der Waals surface area contributed by atoms with Crippen molar-refractivity contribution in [3.63, 3.8) is 0 Å². The first-order valence-electron chi connectivity index (χ1n) is 7.93. The molecule has 1 atom stereocenters. The van der Waals surface area contributed by atoms with Gasteiger partial charge in [0.15, 0.2) is 5.65 Å². The Morgan fingerprint density at radius 3 is 2.76 bits per heavy atom. The second-order valence-corrected chi connectivity index (χ2v) is 5.71. The van der Waals surface area contributed by atoms with E-state index in [1.165, 1.54) is 11.8 Å². The van der Waals surface area contributed by atoms with E-state index >= 15 is 0 Å². The van der Waals surface area contributed by atoms with Crippen LogP contribution in [-0.2, 0) is 0 Å². The standard InChI is InChI=1S/C18H16N6O/c1-12(13-5-3-2-4-6-13)21-16-7-8-17-19-11-15(24(17)23-16)14-9-10-20-22-18(14)25/h2-12H,1H3,(H,21,23)(H,22,25). The van der Waals surface area contributed by atoms with Crippen LogP contribution in [0.25, 0.3) is 16.9 Å². The van der Waals surface area contributed by atoms with E-state index in [1.54, 1.807) is 16.8 Å². The van der Waals surface area contributed by atoms with E-state index < -0.39 is 0 Å². The molecule has 0 amide bonds. The number of anilines is 1. The predicted molar refractivity (Wildman–Crippen MR) is 95.3 cm³/mol. The lowest BCUT2D eigenvalue weighted by Crippen LogP contribution is -2.12. The van der Waals surface area contributed by atoms with Crippen molar-refractivity contribution in [2.45, 2.75) is 13.0 Å². The fourth-order valence-corrected chi connectivity index (χ4v) is 2.73. The molecular weight excluding hydrogens is 316 g/mol. The highest BCUT2D eigenvalue weighted by Gasteiger charge is 2.12. The number of nitrogens with zero attached hydrogens (tertiary/aromatic N) is 4. The van der Waals surface area contributed by atoms with Gasteiger partial charge in [-0.2, -0.15) is 5.10 Å². The molecule has 1 unspecified atom stereocenters. The van der Waals surface area contributed by atoms with Crippen molar-refractivity contribution in [3.8, 4) is 11.3 Å². The molecule has 0 fully saturated rings. The summed E-state index contributed by atoms with van der Waals surface area (Å²) < 4.78 is 1.66. The molecule has 0 aliphatic rings. The number of fused-ring (bicyclic) bond motifs is 1. The largest absolute Gasteiger partial charge is 0.362 e. The minimum atomic E-state index is -0.276. The summed E-state index contributed by atoms with van der Waals surface area (Å²) in [5, 5.41) is 14.1. The van der Waals surface area contributed by atoms with Crippen molar-refractivity contribution in [1.29, 1.82) is 0 Å². The van der Waals surface area contributed by atoms with Crippen LogP contribution in [0.4, 0.5) is 5.82 Å². The maximum absolute atomic E-state index is 12.0. The number of benzene rings is 1. The van der Waals surface area contributed by atoms with Crippen LogP contribution in [0, 0.1) is 0 Å². The van der Waals surface area contributed by atoms with Gasteiger partial charge in [0.2, 0.25) is 0 Å². The smallest absolute Gasteiger partial charge is 0.273 e. The van der Waals surface area contributed by atoms with Gasteiger partial charge in [0.1, 0.15) is 5.82 Å². The molecule has 7 heteroatoms. The van der Waals surface area contributed by atoms with Crippen LogP contribution >= 0.6 is 0 Å². The maximum Gasteiger partial charge on any atom is 0.273 e. The molecule has 2 N–H and O–H groups in total. The summed E-state index contributed by atoms with van der Waals surface area (Å²) in [5.74, 6) is 0.702. The van der Waals surface area contributed by atoms with Gasteiger partial charge < -0.3 is 5.32 Å². The molecule has 1 aromatic carbocycles. The van der Waals surface area contributed by atoms with Crippen LogP contribution in [0.15, 0.2) is 65.7 Å². The molecule has 0 saturated carbocycles. The van der Waals surface area contributed by atoms with Gasteiger partial charge in [-0.15, -0.1) is 5.10 Å². The predicted octanol–water partition coefficient (Wildman–Crippen LogP) is 2.65. The Balaban J connectivity index is 1.72. The Kier molecular flexibility index (Phi) is 3.74. The second-order valence-electron chi connectivity index (χ2n) is 5.71. The monoisotopic (exact) mass is 332 g/mol. The van der Waals surface area contributed by atoms with Crippen LogP contribution < -0.4 is 10.9 Å². The number of aromatic amines is 1. The number of aromatic nitrogens is 5.